The molecule has 0 unspecified atom stereocenters. The lowest BCUT2D eigenvalue weighted by Gasteiger charge is -2.21. The first-order valence-corrected chi connectivity index (χ1v) is 7.34. The average Bonchev–Trinajstić information content (AvgIpc) is 2.46. The summed E-state index contributed by atoms with van der Waals surface area (Å²) in [5, 5.41) is 10.3. The first-order chi connectivity index (χ1) is 10.5. The van der Waals surface area contributed by atoms with Gasteiger partial charge in [0.1, 0.15) is 6.07 Å². The van der Waals surface area contributed by atoms with E-state index in [1.54, 1.807) is 25.1 Å². The van der Waals surface area contributed by atoms with E-state index >= 15 is 0 Å². The van der Waals surface area contributed by atoms with Crippen LogP contribution in [0.15, 0.2) is 18.2 Å². The Balaban J connectivity index is 2.41. The molecular weight excluding hydrogens is 323 g/mol. The topological polar surface area (TPSA) is 63.0 Å². The summed E-state index contributed by atoms with van der Waals surface area (Å²) in [4.78, 5) is 16.6. The Labute approximate surface area is 137 Å². The highest BCUT2D eigenvalue weighted by molar-refractivity contribution is 6.36. The number of fused-ring (bicyclic) bond motifs is 1. The Bertz CT molecular complexity index is 841. The highest BCUT2D eigenvalue weighted by atomic mass is 35.5. The molecule has 6 heteroatoms. The number of hydrogen-bond acceptors (Lipinski definition) is 4. The van der Waals surface area contributed by atoms with E-state index in [1.165, 1.54) is 0 Å². The molecule has 0 amide bonds. The van der Waals surface area contributed by atoms with Gasteiger partial charge in [-0.25, -0.2) is 4.79 Å². The molecule has 0 saturated carbocycles. The number of pyridine rings is 1. The third-order valence-electron chi connectivity index (χ3n) is 3.54. The van der Waals surface area contributed by atoms with Crippen molar-refractivity contribution < 1.29 is 9.53 Å². The minimum Gasteiger partial charge on any atom is -0.462 e. The van der Waals surface area contributed by atoms with Crippen molar-refractivity contribution in [3.8, 4) is 17.2 Å². The number of nitrogens with zero attached hydrogens (tertiary/aromatic N) is 2. The number of carbonyl (C=O) groups is 1. The number of rotatable bonds is 1. The van der Waals surface area contributed by atoms with Crippen LogP contribution in [0.3, 0.4) is 0 Å². The molecule has 0 N–H and O–H groups in total. The molecule has 110 valence electrons. The Morgan fingerprint density at radius 2 is 2.09 bits per heavy atom. The number of carbonyl (C=O) groups excluding carboxylic acids is 1. The summed E-state index contributed by atoms with van der Waals surface area (Å²) in [6.45, 7) is 2.03. The largest absolute Gasteiger partial charge is 0.462 e. The summed E-state index contributed by atoms with van der Waals surface area (Å²) in [6.07, 6.45) is 0.520. The smallest absolute Gasteiger partial charge is 0.340 e. The zero-order chi connectivity index (χ0) is 15.9. The summed E-state index contributed by atoms with van der Waals surface area (Å²) in [5.74, 6) is -0.480. The van der Waals surface area contributed by atoms with E-state index in [9.17, 15) is 10.1 Å². The fraction of sp³-hybridized carbons (Fsp3) is 0.188. The molecule has 1 aromatic heterocycles. The summed E-state index contributed by atoms with van der Waals surface area (Å²) >= 11 is 12.2. The fourth-order valence-electron chi connectivity index (χ4n) is 2.58. The summed E-state index contributed by atoms with van der Waals surface area (Å²) in [5.41, 5.74) is 2.88. The van der Waals surface area contributed by atoms with E-state index in [2.05, 4.69) is 11.1 Å². The van der Waals surface area contributed by atoms with Gasteiger partial charge in [-0.05, 0) is 19.1 Å². The van der Waals surface area contributed by atoms with Crippen molar-refractivity contribution in [3.05, 3.63) is 50.8 Å². The third-order valence-corrected chi connectivity index (χ3v) is 4.09. The van der Waals surface area contributed by atoms with E-state index in [1.807, 2.05) is 0 Å². The monoisotopic (exact) mass is 332 g/mol. The molecule has 0 radical (unpaired) electrons. The van der Waals surface area contributed by atoms with Gasteiger partial charge in [0, 0.05) is 27.6 Å². The van der Waals surface area contributed by atoms with Crippen LogP contribution < -0.4 is 0 Å². The van der Waals surface area contributed by atoms with Crippen LogP contribution >= 0.6 is 23.2 Å². The van der Waals surface area contributed by atoms with Gasteiger partial charge in [-0.2, -0.15) is 5.26 Å². The normalized spacial score (nSPS) is 13.3. The first kappa shape index (κ1) is 14.8. The lowest BCUT2D eigenvalue weighted by atomic mass is 9.91. The van der Waals surface area contributed by atoms with Crippen LogP contribution in [-0.2, 0) is 11.2 Å². The van der Waals surface area contributed by atoms with Crippen LogP contribution in [0.25, 0.3) is 11.1 Å². The summed E-state index contributed by atoms with van der Waals surface area (Å²) in [7, 11) is 0. The van der Waals surface area contributed by atoms with Crippen LogP contribution in [0.1, 0.15) is 27.3 Å². The minimum atomic E-state index is -0.480. The van der Waals surface area contributed by atoms with Gasteiger partial charge in [0.2, 0.25) is 0 Å². The molecule has 2 heterocycles. The second-order valence-electron chi connectivity index (χ2n) is 4.89. The lowest BCUT2D eigenvalue weighted by molar-refractivity contribution is 0.0478. The van der Waals surface area contributed by atoms with E-state index in [0.29, 0.717) is 50.1 Å². The molecule has 3 rings (SSSR count). The highest BCUT2D eigenvalue weighted by Crippen LogP contribution is 2.38. The number of halogens is 2. The van der Waals surface area contributed by atoms with Gasteiger partial charge in [-0.3, -0.25) is 4.98 Å². The summed E-state index contributed by atoms with van der Waals surface area (Å²) in [6, 6.07) is 7.06. The molecular formula is C16H10Cl2N2O2. The van der Waals surface area contributed by atoms with E-state index < -0.39 is 5.97 Å². The van der Waals surface area contributed by atoms with Crippen LogP contribution in [0.4, 0.5) is 0 Å². The number of hydrogen-bond donors (Lipinski definition) is 0. The quantitative estimate of drug-likeness (QED) is 0.742. The Kier molecular flexibility index (Phi) is 3.78. The van der Waals surface area contributed by atoms with Gasteiger partial charge < -0.3 is 4.74 Å². The fourth-order valence-corrected chi connectivity index (χ4v) is 3.08. The maximum atomic E-state index is 12.2. The van der Waals surface area contributed by atoms with Crippen molar-refractivity contribution >= 4 is 29.2 Å². The van der Waals surface area contributed by atoms with Gasteiger partial charge in [-0.15, -0.1) is 0 Å². The standard InChI is InChI=1S/C16H10Cl2N2O2/c1-8-11(7-19)14(10-3-2-9(17)6-12(10)18)15-13(20-8)4-5-22-16(15)21/h2-3,6H,4-5H2,1H3. The second-order valence-corrected chi connectivity index (χ2v) is 5.73. The number of esters is 1. The van der Waals surface area contributed by atoms with Crippen LogP contribution in [-0.4, -0.2) is 17.6 Å². The van der Waals surface area contributed by atoms with E-state index in [-0.39, 0.29) is 6.61 Å². The molecule has 1 aliphatic heterocycles. The molecule has 22 heavy (non-hydrogen) atoms. The number of benzene rings is 1. The average molecular weight is 333 g/mol. The van der Waals surface area contributed by atoms with Crippen LogP contribution in [0.2, 0.25) is 10.0 Å². The molecule has 0 saturated heterocycles. The zero-order valence-electron chi connectivity index (χ0n) is 11.6. The number of aryl methyl sites for hydroxylation is 1. The van der Waals surface area contributed by atoms with Gasteiger partial charge >= 0.3 is 5.97 Å². The maximum Gasteiger partial charge on any atom is 0.340 e. The van der Waals surface area contributed by atoms with Crippen molar-refractivity contribution in [2.24, 2.45) is 0 Å². The number of aromatic nitrogens is 1. The van der Waals surface area contributed by atoms with Gasteiger partial charge in [0.05, 0.1) is 29.1 Å². The zero-order valence-corrected chi connectivity index (χ0v) is 13.1. The summed E-state index contributed by atoms with van der Waals surface area (Å²) < 4.78 is 5.11. The molecule has 0 spiro atoms. The Morgan fingerprint density at radius 1 is 1.32 bits per heavy atom. The van der Waals surface area contributed by atoms with Gasteiger partial charge in [0.25, 0.3) is 0 Å². The predicted molar refractivity (Wildman–Crippen MR) is 83.1 cm³/mol. The maximum absolute atomic E-state index is 12.2. The number of cyclic esters (lactones) is 1. The molecule has 1 aromatic carbocycles. The van der Waals surface area contributed by atoms with Crippen molar-refractivity contribution in [1.29, 1.82) is 5.26 Å². The molecule has 1 aliphatic rings. The van der Waals surface area contributed by atoms with Crippen LogP contribution in [0, 0.1) is 18.3 Å². The molecule has 0 aliphatic carbocycles. The van der Waals surface area contributed by atoms with Crippen molar-refractivity contribution in [2.75, 3.05) is 6.61 Å². The Morgan fingerprint density at radius 3 is 2.77 bits per heavy atom. The molecule has 0 bridgehead atoms. The lowest BCUT2D eigenvalue weighted by Crippen LogP contribution is -2.21. The van der Waals surface area contributed by atoms with Crippen LogP contribution in [0.5, 0.6) is 0 Å². The van der Waals surface area contributed by atoms with Crippen molar-refractivity contribution in [1.82, 2.24) is 4.98 Å². The van der Waals surface area contributed by atoms with Crippen molar-refractivity contribution in [3.63, 3.8) is 0 Å². The molecule has 0 atom stereocenters. The second kappa shape index (κ2) is 5.60. The third kappa shape index (κ3) is 2.33. The van der Waals surface area contributed by atoms with Crippen molar-refractivity contribution in [2.45, 2.75) is 13.3 Å². The molecule has 0 fully saturated rings. The Hall–Kier alpha value is -2.09. The molecule has 4 nitrogen and oxygen atoms in total. The van der Waals surface area contributed by atoms with E-state index in [0.717, 1.165) is 0 Å². The minimum absolute atomic E-state index is 0.290. The predicted octanol–water partition coefficient (Wildman–Crippen LogP) is 3.95. The number of nitriles is 1. The van der Waals surface area contributed by atoms with Gasteiger partial charge in [-0.1, -0.05) is 29.3 Å². The highest BCUT2D eigenvalue weighted by Gasteiger charge is 2.29. The van der Waals surface area contributed by atoms with Gasteiger partial charge in [0.15, 0.2) is 0 Å². The molecule has 2 aromatic rings. The number of ether oxygens (including phenoxy) is 1. The first-order valence-electron chi connectivity index (χ1n) is 6.59. The van der Waals surface area contributed by atoms with E-state index in [4.69, 9.17) is 27.9 Å². The SMILES string of the molecule is Cc1nc2c(c(-c3ccc(Cl)cc3Cl)c1C#N)C(=O)OCC2.